The number of rotatable bonds is 3. The summed E-state index contributed by atoms with van der Waals surface area (Å²) < 4.78 is 7.62. The minimum Gasteiger partial charge on any atom is -0.380 e. The zero-order chi connectivity index (χ0) is 21.0. The third kappa shape index (κ3) is 3.13. The normalized spacial score (nSPS) is 19.0. The van der Waals surface area contributed by atoms with Crippen molar-refractivity contribution in [3.05, 3.63) is 40.1 Å². The Morgan fingerprint density at radius 2 is 2.00 bits per heavy atom. The lowest BCUT2D eigenvalue weighted by atomic mass is 9.88. The largest absolute Gasteiger partial charge is 0.380 e. The first kappa shape index (κ1) is 19.6. The molecule has 1 fully saturated rings. The Balaban J connectivity index is 1.59. The van der Waals surface area contributed by atoms with Crippen molar-refractivity contribution in [1.29, 1.82) is 0 Å². The molecule has 160 valence electrons. The Bertz CT molecular complexity index is 990. The Labute approximate surface area is 178 Å². The molecule has 0 spiro atoms. The fourth-order valence-corrected chi connectivity index (χ4v) is 5.17. The highest BCUT2D eigenvalue weighted by molar-refractivity contribution is 5.75. The van der Waals surface area contributed by atoms with Crippen LogP contribution in [-0.4, -0.2) is 46.9 Å². The summed E-state index contributed by atoms with van der Waals surface area (Å²) in [5.41, 5.74) is 8.02. The Morgan fingerprint density at radius 1 is 1.20 bits per heavy atom. The van der Waals surface area contributed by atoms with Gasteiger partial charge in [0.2, 0.25) is 5.91 Å². The van der Waals surface area contributed by atoms with Crippen LogP contribution in [0, 0.1) is 6.92 Å². The van der Waals surface area contributed by atoms with E-state index in [9.17, 15) is 4.79 Å². The SMILES string of the molecule is CC(=O)N1CCc2c(c(N3CCCc4cc(C5COC5)c(C)cc43)nn2C(C)C)C1. The summed E-state index contributed by atoms with van der Waals surface area (Å²) in [6.45, 7) is 12.4. The molecule has 30 heavy (non-hydrogen) atoms. The van der Waals surface area contributed by atoms with Gasteiger partial charge in [-0.1, -0.05) is 6.07 Å². The van der Waals surface area contributed by atoms with Crippen LogP contribution < -0.4 is 4.90 Å². The first-order valence-electron chi connectivity index (χ1n) is 11.3. The highest BCUT2D eigenvalue weighted by Crippen LogP contribution is 2.41. The van der Waals surface area contributed by atoms with Gasteiger partial charge < -0.3 is 14.5 Å². The number of hydrogen-bond acceptors (Lipinski definition) is 4. The quantitative estimate of drug-likeness (QED) is 0.774. The van der Waals surface area contributed by atoms with Crippen molar-refractivity contribution in [2.75, 3.05) is 31.2 Å². The van der Waals surface area contributed by atoms with E-state index in [-0.39, 0.29) is 5.91 Å². The molecule has 4 heterocycles. The van der Waals surface area contributed by atoms with E-state index in [1.165, 1.54) is 33.6 Å². The van der Waals surface area contributed by atoms with Crippen molar-refractivity contribution in [3.8, 4) is 0 Å². The predicted molar refractivity (Wildman–Crippen MR) is 117 cm³/mol. The van der Waals surface area contributed by atoms with Crippen molar-refractivity contribution in [3.63, 3.8) is 0 Å². The third-order valence-corrected chi connectivity index (χ3v) is 6.92. The van der Waals surface area contributed by atoms with E-state index in [0.29, 0.717) is 18.5 Å². The maximum Gasteiger partial charge on any atom is 0.219 e. The molecule has 6 nitrogen and oxygen atoms in total. The molecular weight excluding hydrogens is 376 g/mol. The molecule has 6 heteroatoms. The second kappa shape index (κ2) is 7.41. The number of hydrogen-bond donors (Lipinski definition) is 0. The van der Waals surface area contributed by atoms with Crippen molar-refractivity contribution < 1.29 is 9.53 Å². The van der Waals surface area contributed by atoms with E-state index in [1.807, 2.05) is 4.90 Å². The molecule has 5 rings (SSSR count). The van der Waals surface area contributed by atoms with Gasteiger partial charge in [0.1, 0.15) is 0 Å². The Kier molecular flexibility index (Phi) is 4.85. The summed E-state index contributed by atoms with van der Waals surface area (Å²) in [5, 5.41) is 5.11. The number of aryl methyl sites for hydroxylation is 2. The number of benzene rings is 1. The van der Waals surface area contributed by atoms with Crippen LogP contribution in [0.3, 0.4) is 0 Å². The zero-order valence-corrected chi connectivity index (χ0v) is 18.6. The van der Waals surface area contributed by atoms with Gasteiger partial charge in [-0.2, -0.15) is 5.10 Å². The summed E-state index contributed by atoms with van der Waals surface area (Å²) in [6.07, 6.45) is 3.11. The van der Waals surface area contributed by atoms with Crippen molar-refractivity contribution in [1.82, 2.24) is 14.7 Å². The lowest BCUT2D eigenvalue weighted by molar-refractivity contribution is -0.129. The average molecular weight is 409 g/mol. The van der Waals surface area contributed by atoms with Crippen LogP contribution in [0.2, 0.25) is 0 Å². The molecule has 2 aromatic rings. The van der Waals surface area contributed by atoms with Crippen molar-refractivity contribution in [2.24, 2.45) is 0 Å². The zero-order valence-electron chi connectivity index (χ0n) is 18.6. The molecular formula is C24H32N4O2. The lowest BCUT2D eigenvalue weighted by Crippen LogP contribution is -2.35. The number of amides is 1. The highest BCUT2D eigenvalue weighted by Gasteiger charge is 2.32. The van der Waals surface area contributed by atoms with Crippen LogP contribution in [0.25, 0.3) is 0 Å². The molecule has 1 aromatic heterocycles. The molecule has 0 N–H and O–H groups in total. The molecule has 0 unspecified atom stereocenters. The fraction of sp³-hybridized carbons (Fsp3) is 0.583. The van der Waals surface area contributed by atoms with E-state index in [0.717, 1.165) is 51.4 Å². The number of carbonyl (C=O) groups is 1. The van der Waals surface area contributed by atoms with Crippen LogP contribution in [0.5, 0.6) is 0 Å². The van der Waals surface area contributed by atoms with E-state index in [2.05, 4.69) is 42.5 Å². The molecule has 3 aliphatic rings. The molecule has 0 atom stereocenters. The fourth-order valence-electron chi connectivity index (χ4n) is 5.17. The number of ether oxygens (including phenoxy) is 1. The summed E-state index contributed by atoms with van der Waals surface area (Å²) in [7, 11) is 0. The first-order chi connectivity index (χ1) is 14.4. The summed E-state index contributed by atoms with van der Waals surface area (Å²) in [5.74, 6) is 1.73. The summed E-state index contributed by atoms with van der Waals surface area (Å²) in [4.78, 5) is 16.5. The van der Waals surface area contributed by atoms with Gasteiger partial charge in [0, 0.05) is 55.3 Å². The lowest BCUT2D eigenvalue weighted by Gasteiger charge is -2.35. The molecule has 3 aliphatic heterocycles. The van der Waals surface area contributed by atoms with E-state index >= 15 is 0 Å². The van der Waals surface area contributed by atoms with Gasteiger partial charge in [-0.15, -0.1) is 0 Å². The topological polar surface area (TPSA) is 50.6 Å². The minimum absolute atomic E-state index is 0.145. The summed E-state index contributed by atoms with van der Waals surface area (Å²) in [6, 6.07) is 5.08. The average Bonchev–Trinajstić information content (AvgIpc) is 3.05. The molecule has 0 radical (unpaired) electrons. The second-order valence-electron chi connectivity index (χ2n) is 9.30. The second-order valence-corrected chi connectivity index (χ2v) is 9.30. The monoisotopic (exact) mass is 408 g/mol. The van der Waals surface area contributed by atoms with Crippen LogP contribution >= 0.6 is 0 Å². The Hall–Kier alpha value is -2.34. The molecule has 1 amide bonds. The molecule has 0 saturated carbocycles. The number of carbonyl (C=O) groups excluding carboxylic acids is 1. The first-order valence-corrected chi connectivity index (χ1v) is 11.3. The van der Waals surface area contributed by atoms with Gasteiger partial charge in [0.25, 0.3) is 0 Å². The number of nitrogens with zero attached hydrogens (tertiary/aromatic N) is 4. The van der Waals surface area contributed by atoms with Gasteiger partial charge in [-0.25, -0.2) is 0 Å². The molecule has 0 bridgehead atoms. The summed E-state index contributed by atoms with van der Waals surface area (Å²) >= 11 is 0. The van der Waals surface area contributed by atoms with Gasteiger partial charge in [0.05, 0.1) is 19.8 Å². The van der Waals surface area contributed by atoms with Gasteiger partial charge in [0.15, 0.2) is 5.82 Å². The molecule has 1 saturated heterocycles. The van der Waals surface area contributed by atoms with Crippen LogP contribution in [0.4, 0.5) is 11.5 Å². The minimum atomic E-state index is 0.145. The van der Waals surface area contributed by atoms with Crippen molar-refractivity contribution in [2.45, 2.75) is 65.5 Å². The molecule has 0 aliphatic carbocycles. The van der Waals surface area contributed by atoms with E-state index in [1.54, 1.807) is 6.92 Å². The Morgan fingerprint density at radius 3 is 2.67 bits per heavy atom. The number of aromatic nitrogens is 2. The van der Waals surface area contributed by atoms with Crippen LogP contribution in [0.15, 0.2) is 12.1 Å². The molecule has 1 aromatic carbocycles. The maximum absolute atomic E-state index is 12.1. The number of anilines is 2. The van der Waals surface area contributed by atoms with Gasteiger partial charge in [-0.3, -0.25) is 9.48 Å². The van der Waals surface area contributed by atoms with E-state index in [4.69, 9.17) is 9.84 Å². The van der Waals surface area contributed by atoms with Crippen LogP contribution in [-0.2, 0) is 28.9 Å². The third-order valence-electron chi connectivity index (χ3n) is 6.92. The van der Waals surface area contributed by atoms with Gasteiger partial charge in [-0.05, 0) is 56.4 Å². The standard InChI is InChI=1S/C24H32N4O2/c1-15(2)28-22-7-9-26(17(4)29)12-21(22)24(25-28)27-8-5-6-18-11-20(19-13-30-14-19)16(3)10-23(18)27/h10-11,15,19H,5-9,12-14H2,1-4H3. The van der Waals surface area contributed by atoms with E-state index < -0.39 is 0 Å². The van der Waals surface area contributed by atoms with Gasteiger partial charge >= 0.3 is 0 Å². The predicted octanol–water partition coefficient (Wildman–Crippen LogP) is 3.88. The highest BCUT2D eigenvalue weighted by atomic mass is 16.5. The maximum atomic E-state index is 12.1. The van der Waals surface area contributed by atoms with Crippen molar-refractivity contribution >= 4 is 17.4 Å². The number of fused-ring (bicyclic) bond motifs is 2. The smallest absolute Gasteiger partial charge is 0.219 e. The van der Waals surface area contributed by atoms with Crippen LogP contribution in [0.1, 0.15) is 67.1 Å².